The molecule has 0 amide bonds. The number of piperidine rings is 1. The smallest absolute Gasteiger partial charge is 0.00475 e. The van der Waals surface area contributed by atoms with Crippen LogP contribution in [-0.4, -0.2) is 31.1 Å². The first-order chi connectivity index (χ1) is 7.09. The first-order valence-electron chi connectivity index (χ1n) is 6.52. The highest BCUT2D eigenvalue weighted by atomic mass is 15.1. The van der Waals surface area contributed by atoms with Gasteiger partial charge in [-0.15, -0.1) is 0 Å². The lowest BCUT2D eigenvalue weighted by Crippen LogP contribution is -2.44. The minimum atomic E-state index is 0.339. The highest BCUT2D eigenvalue weighted by molar-refractivity contribution is 4.81. The Morgan fingerprint density at radius 2 is 2.20 bits per heavy atom. The van der Waals surface area contributed by atoms with Gasteiger partial charge >= 0.3 is 0 Å². The Morgan fingerprint density at radius 3 is 2.73 bits per heavy atom. The molecular formula is C13H28N2. The molecule has 2 atom stereocenters. The molecule has 0 radical (unpaired) electrons. The summed E-state index contributed by atoms with van der Waals surface area (Å²) in [6.45, 7) is 11.5. The number of rotatable bonds is 5. The van der Waals surface area contributed by atoms with E-state index in [0.29, 0.717) is 5.41 Å². The number of likely N-dealkylation sites (tertiary alicyclic amines) is 1. The molecule has 1 aliphatic heterocycles. The van der Waals surface area contributed by atoms with Crippen molar-refractivity contribution in [3.63, 3.8) is 0 Å². The first-order valence-corrected chi connectivity index (χ1v) is 6.52. The molecule has 0 bridgehead atoms. The zero-order chi connectivity index (χ0) is 11.3. The lowest BCUT2D eigenvalue weighted by atomic mass is 9.84. The molecule has 1 saturated heterocycles. The van der Waals surface area contributed by atoms with E-state index in [1.807, 2.05) is 0 Å². The maximum absolute atomic E-state index is 5.92. The third-order valence-electron chi connectivity index (χ3n) is 3.69. The zero-order valence-corrected chi connectivity index (χ0v) is 10.8. The maximum Gasteiger partial charge on any atom is 0.00475 e. The van der Waals surface area contributed by atoms with E-state index < -0.39 is 0 Å². The van der Waals surface area contributed by atoms with Gasteiger partial charge in [-0.25, -0.2) is 0 Å². The standard InChI is InChI=1S/C13H28N2/c1-4-7-13(3,10-14)11-15-8-5-6-12(2)9-15/h12H,4-11,14H2,1-3H3. The zero-order valence-electron chi connectivity index (χ0n) is 10.8. The van der Waals surface area contributed by atoms with Crippen LogP contribution in [0.4, 0.5) is 0 Å². The summed E-state index contributed by atoms with van der Waals surface area (Å²) in [6, 6.07) is 0. The molecule has 0 spiro atoms. The molecule has 2 unspecified atom stereocenters. The molecule has 15 heavy (non-hydrogen) atoms. The predicted octanol–water partition coefficient (Wildman–Crippen LogP) is 2.48. The van der Waals surface area contributed by atoms with Crippen molar-refractivity contribution in [1.82, 2.24) is 4.90 Å². The number of hydrogen-bond donors (Lipinski definition) is 1. The monoisotopic (exact) mass is 212 g/mol. The van der Waals surface area contributed by atoms with Crippen molar-refractivity contribution in [2.45, 2.75) is 46.5 Å². The second kappa shape index (κ2) is 5.86. The third kappa shape index (κ3) is 4.12. The van der Waals surface area contributed by atoms with Crippen molar-refractivity contribution < 1.29 is 0 Å². The molecule has 2 nitrogen and oxygen atoms in total. The van der Waals surface area contributed by atoms with Crippen molar-refractivity contribution in [2.24, 2.45) is 17.1 Å². The molecule has 0 aromatic rings. The van der Waals surface area contributed by atoms with Gasteiger partial charge in [0.1, 0.15) is 0 Å². The van der Waals surface area contributed by atoms with E-state index in [0.717, 1.165) is 12.5 Å². The fourth-order valence-electron chi connectivity index (χ4n) is 2.82. The first kappa shape index (κ1) is 13.0. The van der Waals surface area contributed by atoms with Crippen LogP contribution in [0.15, 0.2) is 0 Å². The molecule has 1 rings (SSSR count). The Kier molecular flexibility index (Phi) is 5.07. The Balaban J connectivity index is 2.43. The summed E-state index contributed by atoms with van der Waals surface area (Å²) in [5, 5.41) is 0. The largest absolute Gasteiger partial charge is 0.330 e. The van der Waals surface area contributed by atoms with E-state index in [1.165, 1.54) is 45.3 Å². The number of hydrogen-bond acceptors (Lipinski definition) is 2. The SMILES string of the molecule is CCCC(C)(CN)CN1CCCC(C)C1. The summed E-state index contributed by atoms with van der Waals surface area (Å²) in [5.74, 6) is 0.877. The summed E-state index contributed by atoms with van der Waals surface area (Å²) in [4.78, 5) is 2.62. The Hall–Kier alpha value is -0.0800. The lowest BCUT2D eigenvalue weighted by Gasteiger charge is -2.38. The van der Waals surface area contributed by atoms with Crippen LogP contribution in [-0.2, 0) is 0 Å². The van der Waals surface area contributed by atoms with Crippen LogP contribution in [0.5, 0.6) is 0 Å². The summed E-state index contributed by atoms with van der Waals surface area (Å²) >= 11 is 0. The quantitative estimate of drug-likeness (QED) is 0.758. The van der Waals surface area contributed by atoms with Crippen LogP contribution < -0.4 is 5.73 Å². The van der Waals surface area contributed by atoms with E-state index in [1.54, 1.807) is 0 Å². The molecule has 0 aromatic heterocycles. The Bertz CT molecular complexity index is 181. The van der Waals surface area contributed by atoms with Gasteiger partial charge in [0.25, 0.3) is 0 Å². The molecule has 1 aliphatic rings. The summed E-state index contributed by atoms with van der Waals surface area (Å²) in [5.41, 5.74) is 6.26. The van der Waals surface area contributed by atoms with Gasteiger partial charge in [-0.05, 0) is 43.7 Å². The minimum absolute atomic E-state index is 0.339. The van der Waals surface area contributed by atoms with Crippen molar-refractivity contribution in [3.05, 3.63) is 0 Å². The maximum atomic E-state index is 5.92. The third-order valence-corrected chi connectivity index (χ3v) is 3.69. The topological polar surface area (TPSA) is 29.3 Å². The van der Waals surface area contributed by atoms with Gasteiger partial charge in [0.05, 0.1) is 0 Å². The molecule has 0 saturated carbocycles. The van der Waals surface area contributed by atoms with Crippen LogP contribution >= 0.6 is 0 Å². The van der Waals surface area contributed by atoms with Crippen LogP contribution in [0, 0.1) is 11.3 Å². The van der Waals surface area contributed by atoms with Crippen molar-refractivity contribution in [3.8, 4) is 0 Å². The van der Waals surface area contributed by atoms with Crippen molar-refractivity contribution in [2.75, 3.05) is 26.2 Å². The summed E-state index contributed by atoms with van der Waals surface area (Å²) in [6.07, 6.45) is 5.28. The van der Waals surface area contributed by atoms with Crippen LogP contribution in [0.25, 0.3) is 0 Å². The van der Waals surface area contributed by atoms with E-state index in [-0.39, 0.29) is 0 Å². The van der Waals surface area contributed by atoms with Crippen molar-refractivity contribution >= 4 is 0 Å². The average Bonchev–Trinajstić information content (AvgIpc) is 2.18. The molecule has 0 aromatic carbocycles. The van der Waals surface area contributed by atoms with Gasteiger partial charge in [0.2, 0.25) is 0 Å². The van der Waals surface area contributed by atoms with Crippen LogP contribution in [0.3, 0.4) is 0 Å². The fourth-order valence-corrected chi connectivity index (χ4v) is 2.82. The molecule has 2 N–H and O–H groups in total. The molecular weight excluding hydrogens is 184 g/mol. The van der Waals surface area contributed by atoms with Gasteiger partial charge in [-0.2, -0.15) is 0 Å². The van der Waals surface area contributed by atoms with Gasteiger partial charge in [0.15, 0.2) is 0 Å². The Labute approximate surface area is 95.2 Å². The minimum Gasteiger partial charge on any atom is -0.330 e. The highest BCUT2D eigenvalue weighted by Gasteiger charge is 2.26. The van der Waals surface area contributed by atoms with Crippen LogP contribution in [0.1, 0.15) is 46.5 Å². The molecule has 1 heterocycles. The van der Waals surface area contributed by atoms with Crippen molar-refractivity contribution in [1.29, 1.82) is 0 Å². The van der Waals surface area contributed by atoms with Gasteiger partial charge in [-0.1, -0.05) is 27.2 Å². The van der Waals surface area contributed by atoms with E-state index >= 15 is 0 Å². The molecule has 1 fully saturated rings. The highest BCUT2D eigenvalue weighted by Crippen LogP contribution is 2.26. The van der Waals surface area contributed by atoms with Gasteiger partial charge in [-0.3, -0.25) is 0 Å². The average molecular weight is 212 g/mol. The molecule has 0 aliphatic carbocycles. The normalized spacial score (nSPS) is 27.6. The van der Waals surface area contributed by atoms with E-state index in [9.17, 15) is 0 Å². The van der Waals surface area contributed by atoms with E-state index in [4.69, 9.17) is 5.73 Å². The van der Waals surface area contributed by atoms with Gasteiger partial charge < -0.3 is 10.6 Å². The second-order valence-electron chi connectivity index (χ2n) is 5.75. The number of nitrogens with two attached hydrogens (primary N) is 1. The van der Waals surface area contributed by atoms with Gasteiger partial charge in [0, 0.05) is 13.1 Å². The fraction of sp³-hybridized carbons (Fsp3) is 1.00. The molecule has 90 valence electrons. The van der Waals surface area contributed by atoms with E-state index in [2.05, 4.69) is 25.7 Å². The lowest BCUT2D eigenvalue weighted by molar-refractivity contribution is 0.114. The molecule has 2 heteroatoms. The Morgan fingerprint density at radius 1 is 1.47 bits per heavy atom. The van der Waals surface area contributed by atoms with Crippen LogP contribution in [0.2, 0.25) is 0 Å². The second-order valence-corrected chi connectivity index (χ2v) is 5.75. The predicted molar refractivity (Wildman–Crippen MR) is 66.9 cm³/mol. The summed E-state index contributed by atoms with van der Waals surface area (Å²) in [7, 11) is 0. The number of nitrogens with zero attached hydrogens (tertiary/aromatic N) is 1. The summed E-state index contributed by atoms with van der Waals surface area (Å²) < 4.78 is 0.